The Balaban J connectivity index is 1.76. The molecule has 0 aliphatic carbocycles. The highest BCUT2D eigenvalue weighted by Crippen LogP contribution is 2.39. The van der Waals surface area contributed by atoms with Gasteiger partial charge in [-0.25, -0.2) is 0 Å². The molecule has 6 heteroatoms. The largest absolute Gasteiger partial charge is 0.497 e. The van der Waals surface area contributed by atoms with Gasteiger partial charge in [0.15, 0.2) is 0 Å². The summed E-state index contributed by atoms with van der Waals surface area (Å²) >= 11 is 0. The minimum absolute atomic E-state index is 0.0418. The van der Waals surface area contributed by atoms with Crippen LogP contribution in [0.15, 0.2) is 36.7 Å². The highest BCUT2D eigenvalue weighted by Gasteiger charge is 2.31. The molecule has 0 bridgehead atoms. The Morgan fingerprint density at radius 1 is 1.33 bits per heavy atom. The van der Waals surface area contributed by atoms with E-state index in [1.165, 1.54) is 0 Å². The molecule has 0 unspecified atom stereocenters. The summed E-state index contributed by atoms with van der Waals surface area (Å²) in [7, 11) is 3.30. The monoisotopic (exact) mass is 329 g/mol. The van der Waals surface area contributed by atoms with Crippen LogP contribution >= 0.6 is 0 Å². The van der Waals surface area contributed by atoms with Gasteiger partial charge in [0.1, 0.15) is 11.5 Å². The first-order valence-corrected chi connectivity index (χ1v) is 8.21. The lowest BCUT2D eigenvalue weighted by molar-refractivity contribution is -0.132. The van der Waals surface area contributed by atoms with Crippen LogP contribution in [0.2, 0.25) is 0 Å². The number of carbonyl (C=O) groups excluding carboxylic acids is 1. The van der Waals surface area contributed by atoms with E-state index in [0.717, 1.165) is 36.4 Å². The molecule has 0 saturated carbocycles. The van der Waals surface area contributed by atoms with Gasteiger partial charge in [-0.05, 0) is 37.1 Å². The van der Waals surface area contributed by atoms with Crippen molar-refractivity contribution >= 4 is 5.91 Å². The van der Waals surface area contributed by atoms with Crippen molar-refractivity contribution in [1.29, 1.82) is 0 Å². The average Bonchev–Trinajstić information content (AvgIpc) is 3.30. The zero-order chi connectivity index (χ0) is 16.9. The van der Waals surface area contributed by atoms with Crippen LogP contribution < -0.4 is 9.47 Å². The molecule has 3 rings (SSSR count). The van der Waals surface area contributed by atoms with Crippen molar-refractivity contribution in [3.63, 3.8) is 0 Å². The highest BCUT2D eigenvalue weighted by atomic mass is 16.5. The summed E-state index contributed by atoms with van der Waals surface area (Å²) in [5.41, 5.74) is 1.02. The molecule has 1 aromatic heterocycles. The molecule has 0 N–H and O–H groups in total. The molecular formula is C18H23N3O3. The van der Waals surface area contributed by atoms with Gasteiger partial charge in [-0.2, -0.15) is 5.10 Å². The lowest BCUT2D eigenvalue weighted by Gasteiger charge is -2.26. The predicted molar refractivity (Wildman–Crippen MR) is 90.1 cm³/mol. The first-order chi connectivity index (χ1) is 11.7. The quantitative estimate of drug-likeness (QED) is 0.817. The van der Waals surface area contributed by atoms with Crippen molar-refractivity contribution in [2.45, 2.75) is 31.8 Å². The number of aromatic nitrogens is 2. The number of nitrogens with zero attached hydrogens (tertiary/aromatic N) is 3. The molecule has 1 amide bonds. The van der Waals surface area contributed by atoms with Gasteiger partial charge in [-0.3, -0.25) is 9.48 Å². The van der Waals surface area contributed by atoms with E-state index in [9.17, 15) is 4.79 Å². The maximum atomic E-state index is 12.7. The normalized spacial score (nSPS) is 17.1. The Morgan fingerprint density at radius 2 is 2.21 bits per heavy atom. The standard InChI is InChI=1S/C18H23N3O3/c1-23-14-6-7-17(24-2)15(13-14)16-5-3-11-21(16)18(22)8-12-20-10-4-9-19-20/h4,6-7,9-10,13,16H,3,5,8,11-12H2,1-2H3/t16-/m1/s1. The summed E-state index contributed by atoms with van der Waals surface area (Å²) in [4.78, 5) is 14.7. The summed E-state index contributed by atoms with van der Waals surface area (Å²) in [6.07, 6.45) is 5.99. The van der Waals surface area contributed by atoms with E-state index in [0.29, 0.717) is 13.0 Å². The highest BCUT2D eigenvalue weighted by molar-refractivity contribution is 5.77. The molecule has 1 fully saturated rings. The van der Waals surface area contributed by atoms with E-state index < -0.39 is 0 Å². The van der Waals surface area contributed by atoms with E-state index in [1.807, 2.05) is 35.4 Å². The van der Waals surface area contributed by atoms with Gasteiger partial charge in [0.05, 0.1) is 20.3 Å². The zero-order valence-corrected chi connectivity index (χ0v) is 14.1. The Hall–Kier alpha value is -2.50. The van der Waals surface area contributed by atoms with E-state index in [-0.39, 0.29) is 11.9 Å². The van der Waals surface area contributed by atoms with E-state index in [2.05, 4.69) is 5.10 Å². The van der Waals surface area contributed by atoms with Gasteiger partial charge in [-0.15, -0.1) is 0 Å². The molecule has 24 heavy (non-hydrogen) atoms. The molecule has 1 saturated heterocycles. The number of rotatable bonds is 6. The number of aryl methyl sites for hydroxylation is 1. The molecule has 128 valence electrons. The molecule has 0 spiro atoms. The second-order valence-corrected chi connectivity index (χ2v) is 5.87. The number of benzene rings is 1. The van der Waals surface area contributed by atoms with Gasteiger partial charge < -0.3 is 14.4 Å². The molecule has 1 atom stereocenters. The van der Waals surface area contributed by atoms with Gasteiger partial charge >= 0.3 is 0 Å². The summed E-state index contributed by atoms with van der Waals surface area (Å²) in [5.74, 6) is 1.73. The maximum Gasteiger partial charge on any atom is 0.224 e. The minimum atomic E-state index is 0.0418. The van der Waals surface area contributed by atoms with Crippen LogP contribution in [-0.4, -0.2) is 41.4 Å². The molecule has 1 aliphatic rings. The number of ether oxygens (including phenoxy) is 2. The molecular weight excluding hydrogens is 306 g/mol. The van der Waals surface area contributed by atoms with Crippen LogP contribution in [-0.2, 0) is 11.3 Å². The van der Waals surface area contributed by atoms with E-state index >= 15 is 0 Å². The van der Waals surface area contributed by atoms with Crippen LogP contribution in [0.4, 0.5) is 0 Å². The molecule has 6 nitrogen and oxygen atoms in total. The molecule has 1 aliphatic heterocycles. The summed E-state index contributed by atoms with van der Waals surface area (Å²) < 4.78 is 12.6. The van der Waals surface area contributed by atoms with Crippen molar-refractivity contribution in [2.24, 2.45) is 0 Å². The van der Waals surface area contributed by atoms with Crippen LogP contribution in [0.1, 0.15) is 30.9 Å². The molecule has 2 aromatic rings. The van der Waals surface area contributed by atoms with Gasteiger partial charge in [0, 0.05) is 37.5 Å². The van der Waals surface area contributed by atoms with Crippen molar-refractivity contribution in [2.75, 3.05) is 20.8 Å². The molecule has 0 radical (unpaired) electrons. The van der Waals surface area contributed by atoms with Crippen LogP contribution in [0.5, 0.6) is 11.5 Å². The fraction of sp³-hybridized carbons (Fsp3) is 0.444. The number of carbonyl (C=O) groups is 1. The smallest absolute Gasteiger partial charge is 0.224 e. The van der Waals surface area contributed by atoms with E-state index in [4.69, 9.17) is 9.47 Å². The SMILES string of the molecule is COc1ccc(OC)c([C@H]2CCCN2C(=O)CCn2cccn2)c1. The fourth-order valence-corrected chi connectivity index (χ4v) is 3.27. The Bertz CT molecular complexity index is 685. The second kappa shape index (κ2) is 7.38. The van der Waals surface area contributed by atoms with E-state index in [1.54, 1.807) is 25.1 Å². The maximum absolute atomic E-state index is 12.7. The Morgan fingerprint density at radius 3 is 2.92 bits per heavy atom. The van der Waals surface area contributed by atoms with Crippen molar-refractivity contribution < 1.29 is 14.3 Å². The second-order valence-electron chi connectivity index (χ2n) is 5.87. The average molecular weight is 329 g/mol. The third-order valence-corrected chi connectivity index (χ3v) is 4.48. The number of likely N-dealkylation sites (tertiary alicyclic amines) is 1. The van der Waals surface area contributed by atoms with Crippen LogP contribution in [0.3, 0.4) is 0 Å². The van der Waals surface area contributed by atoms with Gasteiger partial charge in [0.25, 0.3) is 0 Å². The third-order valence-electron chi connectivity index (χ3n) is 4.48. The number of methoxy groups -OCH3 is 2. The Kier molecular flexibility index (Phi) is 5.03. The topological polar surface area (TPSA) is 56.6 Å². The Labute approximate surface area is 142 Å². The van der Waals surface area contributed by atoms with Crippen LogP contribution in [0, 0.1) is 0 Å². The van der Waals surface area contributed by atoms with Crippen molar-refractivity contribution in [3.05, 3.63) is 42.2 Å². The minimum Gasteiger partial charge on any atom is -0.497 e. The van der Waals surface area contributed by atoms with Gasteiger partial charge in [-0.1, -0.05) is 0 Å². The number of amides is 1. The molecule has 2 heterocycles. The number of hydrogen-bond donors (Lipinski definition) is 0. The fourth-order valence-electron chi connectivity index (χ4n) is 3.27. The molecule has 1 aromatic carbocycles. The zero-order valence-electron chi connectivity index (χ0n) is 14.1. The number of hydrogen-bond acceptors (Lipinski definition) is 4. The lowest BCUT2D eigenvalue weighted by Crippen LogP contribution is -2.31. The first-order valence-electron chi connectivity index (χ1n) is 8.21. The van der Waals surface area contributed by atoms with Gasteiger partial charge in [0.2, 0.25) is 5.91 Å². The predicted octanol–water partition coefficient (Wildman–Crippen LogP) is 2.65. The first kappa shape index (κ1) is 16.4. The van der Waals surface area contributed by atoms with Crippen LogP contribution in [0.25, 0.3) is 0 Å². The third kappa shape index (κ3) is 3.37. The summed E-state index contributed by atoms with van der Waals surface area (Å²) in [6.45, 7) is 1.38. The van der Waals surface area contributed by atoms with Crippen molar-refractivity contribution in [3.8, 4) is 11.5 Å². The summed E-state index contributed by atoms with van der Waals surface area (Å²) in [5, 5.41) is 4.15. The lowest BCUT2D eigenvalue weighted by atomic mass is 10.0. The van der Waals surface area contributed by atoms with Crippen molar-refractivity contribution in [1.82, 2.24) is 14.7 Å². The summed E-state index contributed by atoms with van der Waals surface area (Å²) in [6, 6.07) is 7.66.